The summed E-state index contributed by atoms with van der Waals surface area (Å²) >= 11 is 0. The second-order valence-electron chi connectivity index (χ2n) is 7.79. The molecule has 0 saturated heterocycles. The van der Waals surface area contributed by atoms with Crippen molar-refractivity contribution in [1.29, 1.82) is 0 Å². The molecule has 0 aliphatic carbocycles. The molecule has 4 rings (SSSR count). The fourth-order valence-electron chi connectivity index (χ4n) is 3.84. The summed E-state index contributed by atoms with van der Waals surface area (Å²) in [6.45, 7) is 1.76. The molecule has 32 heavy (non-hydrogen) atoms. The minimum Gasteiger partial charge on any atom is -0.508 e. The molecule has 0 aliphatic rings. The highest BCUT2D eigenvalue weighted by molar-refractivity contribution is 7.90. The van der Waals surface area contributed by atoms with Gasteiger partial charge in [-0.3, -0.25) is 4.79 Å². The number of fused-ring (bicyclic) bond motifs is 1. The Morgan fingerprint density at radius 3 is 2.31 bits per heavy atom. The number of sulfone groups is 1. The van der Waals surface area contributed by atoms with Gasteiger partial charge in [0.25, 0.3) is 5.91 Å². The third-order valence-electron chi connectivity index (χ3n) is 5.53. The van der Waals surface area contributed by atoms with E-state index in [1.54, 1.807) is 19.1 Å². The highest BCUT2D eigenvalue weighted by atomic mass is 32.2. The quantitative estimate of drug-likeness (QED) is 0.463. The number of aromatic hydroxyl groups is 1. The van der Waals surface area contributed by atoms with Crippen molar-refractivity contribution >= 4 is 26.5 Å². The van der Waals surface area contributed by atoms with Crippen molar-refractivity contribution in [3.8, 4) is 5.75 Å². The molecule has 0 radical (unpaired) electrons. The molecule has 5 nitrogen and oxygen atoms in total. The van der Waals surface area contributed by atoms with Crippen LogP contribution in [0, 0.1) is 6.92 Å². The Labute approximate surface area is 187 Å². The van der Waals surface area contributed by atoms with E-state index in [2.05, 4.69) is 5.32 Å². The van der Waals surface area contributed by atoms with Crippen LogP contribution in [0.25, 0.3) is 10.8 Å². The van der Waals surface area contributed by atoms with Gasteiger partial charge in [-0.1, -0.05) is 66.7 Å². The van der Waals surface area contributed by atoms with Crippen LogP contribution in [-0.4, -0.2) is 25.7 Å². The highest BCUT2D eigenvalue weighted by Gasteiger charge is 2.24. The molecule has 0 bridgehead atoms. The van der Waals surface area contributed by atoms with Crippen LogP contribution in [0.5, 0.6) is 5.75 Å². The van der Waals surface area contributed by atoms with Gasteiger partial charge in [-0.2, -0.15) is 0 Å². The number of hydrogen-bond donors (Lipinski definition) is 2. The lowest BCUT2D eigenvalue weighted by atomic mass is 9.92. The average Bonchev–Trinajstić information content (AvgIpc) is 2.78. The Hall–Kier alpha value is -3.64. The van der Waals surface area contributed by atoms with Crippen molar-refractivity contribution in [1.82, 2.24) is 5.32 Å². The standard InChI is InChI=1S/C26H23NO4S/c1-17-12-14-20(32(2,30)31)16-22(17)26(29)27-25(19-9-4-3-5-10-19)24-21-11-7-6-8-18(21)13-15-23(24)28/h3-16,25,28H,1-2H3,(H,27,29). The summed E-state index contributed by atoms with van der Waals surface area (Å²) in [6, 6.07) is 24.3. The Bertz CT molecular complexity index is 1410. The summed E-state index contributed by atoms with van der Waals surface area (Å²) in [6.07, 6.45) is 1.11. The first kappa shape index (κ1) is 21.6. The van der Waals surface area contributed by atoms with E-state index >= 15 is 0 Å². The number of phenolic OH excluding ortho intramolecular Hbond substituents is 1. The van der Waals surface area contributed by atoms with E-state index in [9.17, 15) is 18.3 Å². The van der Waals surface area contributed by atoms with E-state index in [0.717, 1.165) is 22.6 Å². The number of aryl methyl sites for hydroxylation is 1. The highest BCUT2D eigenvalue weighted by Crippen LogP contribution is 2.36. The molecule has 1 unspecified atom stereocenters. The van der Waals surface area contributed by atoms with Crippen molar-refractivity contribution in [2.45, 2.75) is 17.9 Å². The van der Waals surface area contributed by atoms with Crippen LogP contribution in [-0.2, 0) is 9.84 Å². The van der Waals surface area contributed by atoms with Gasteiger partial charge in [0.05, 0.1) is 10.9 Å². The lowest BCUT2D eigenvalue weighted by Crippen LogP contribution is -2.30. The molecule has 1 atom stereocenters. The van der Waals surface area contributed by atoms with Gasteiger partial charge < -0.3 is 10.4 Å². The number of benzene rings is 4. The van der Waals surface area contributed by atoms with Crippen LogP contribution in [0.1, 0.15) is 33.1 Å². The maximum Gasteiger partial charge on any atom is 0.252 e. The van der Waals surface area contributed by atoms with Gasteiger partial charge in [-0.15, -0.1) is 0 Å². The smallest absolute Gasteiger partial charge is 0.252 e. The van der Waals surface area contributed by atoms with Gasteiger partial charge in [0.1, 0.15) is 5.75 Å². The molecular formula is C26H23NO4S. The Kier molecular flexibility index (Phi) is 5.72. The summed E-state index contributed by atoms with van der Waals surface area (Å²) < 4.78 is 24.0. The summed E-state index contributed by atoms with van der Waals surface area (Å²) in [5.74, 6) is -0.353. The summed E-state index contributed by atoms with van der Waals surface area (Å²) in [4.78, 5) is 13.4. The van der Waals surface area contributed by atoms with Gasteiger partial charge >= 0.3 is 0 Å². The maximum absolute atomic E-state index is 13.4. The molecular weight excluding hydrogens is 422 g/mol. The number of hydrogen-bond acceptors (Lipinski definition) is 4. The van der Waals surface area contributed by atoms with Gasteiger partial charge in [-0.05, 0) is 47.0 Å². The molecule has 4 aromatic rings. The van der Waals surface area contributed by atoms with Crippen molar-refractivity contribution in [3.63, 3.8) is 0 Å². The second kappa shape index (κ2) is 8.48. The molecule has 4 aromatic carbocycles. The summed E-state index contributed by atoms with van der Waals surface area (Å²) in [7, 11) is -3.46. The minimum absolute atomic E-state index is 0.0689. The lowest BCUT2D eigenvalue weighted by Gasteiger charge is -2.23. The molecule has 6 heteroatoms. The Morgan fingerprint density at radius 1 is 0.906 bits per heavy atom. The number of nitrogens with one attached hydrogen (secondary N) is 1. The Morgan fingerprint density at radius 2 is 1.59 bits per heavy atom. The molecule has 2 N–H and O–H groups in total. The van der Waals surface area contributed by atoms with Crippen LogP contribution < -0.4 is 5.32 Å². The van der Waals surface area contributed by atoms with Crippen molar-refractivity contribution < 1.29 is 18.3 Å². The van der Waals surface area contributed by atoms with E-state index in [1.807, 2.05) is 60.7 Å². The van der Waals surface area contributed by atoms with Crippen molar-refractivity contribution in [2.24, 2.45) is 0 Å². The molecule has 0 spiro atoms. The zero-order valence-electron chi connectivity index (χ0n) is 17.7. The van der Waals surface area contributed by atoms with Crippen molar-refractivity contribution in [3.05, 3.63) is 107 Å². The number of phenols is 1. The fraction of sp³-hybridized carbons (Fsp3) is 0.115. The van der Waals surface area contributed by atoms with Gasteiger partial charge in [-0.25, -0.2) is 8.42 Å². The van der Waals surface area contributed by atoms with Crippen LogP contribution >= 0.6 is 0 Å². The van der Waals surface area contributed by atoms with Gasteiger partial charge in [0.2, 0.25) is 0 Å². The number of carbonyl (C=O) groups excluding carboxylic acids is 1. The van der Waals surface area contributed by atoms with E-state index < -0.39 is 21.8 Å². The number of carbonyl (C=O) groups is 1. The van der Waals surface area contributed by atoms with Gasteiger partial charge in [0, 0.05) is 17.4 Å². The monoisotopic (exact) mass is 445 g/mol. The van der Waals surface area contributed by atoms with E-state index in [1.165, 1.54) is 12.1 Å². The molecule has 0 fully saturated rings. The van der Waals surface area contributed by atoms with Crippen LogP contribution in [0.3, 0.4) is 0 Å². The molecule has 0 aromatic heterocycles. The van der Waals surface area contributed by atoms with Crippen LogP contribution in [0.2, 0.25) is 0 Å². The van der Waals surface area contributed by atoms with E-state index in [4.69, 9.17) is 0 Å². The van der Waals surface area contributed by atoms with E-state index in [0.29, 0.717) is 11.1 Å². The van der Waals surface area contributed by atoms with E-state index in [-0.39, 0.29) is 16.2 Å². The minimum atomic E-state index is -3.46. The molecule has 162 valence electrons. The first-order chi connectivity index (χ1) is 15.3. The maximum atomic E-state index is 13.4. The molecule has 0 heterocycles. The zero-order chi connectivity index (χ0) is 22.9. The predicted molar refractivity (Wildman–Crippen MR) is 126 cm³/mol. The molecule has 0 aliphatic heterocycles. The number of amides is 1. The largest absolute Gasteiger partial charge is 0.508 e. The molecule has 1 amide bonds. The third-order valence-corrected chi connectivity index (χ3v) is 6.64. The van der Waals surface area contributed by atoms with Crippen LogP contribution in [0.4, 0.5) is 0 Å². The SMILES string of the molecule is Cc1ccc(S(C)(=O)=O)cc1C(=O)NC(c1ccccc1)c1c(O)ccc2ccccc12. The van der Waals surface area contributed by atoms with Crippen LogP contribution in [0.15, 0.2) is 89.8 Å². The summed E-state index contributed by atoms with van der Waals surface area (Å²) in [5.41, 5.74) is 2.31. The normalized spacial score (nSPS) is 12.4. The third kappa shape index (κ3) is 4.22. The first-order valence-corrected chi connectivity index (χ1v) is 12.0. The second-order valence-corrected chi connectivity index (χ2v) is 9.80. The average molecular weight is 446 g/mol. The topological polar surface area (TPSA) is 83.5 Å². The first-order valence-electron chi connectivity index (χ1n) is 10.1. The summed E-state index contributed by atoms with van der Waals surface area (Å²) in [5, 5.41) is 15.6. The predicted octanol–water partition coefficient (Wildman–Crippen LogP) is 4.78. The van der Waals surface area contributed by atoms with Crippen molar-refractivity contribution in [2.75, 3.05) is 6.26 Å². The number of rotatable bonds is 5. The van der Waals surface area contributed by atoms with Gasteiger partial charge in [0.15, 0.2) is 9.84 Å². The Balaban J connectivity index is 1.85. The lowest BCUT2D eigenvalue weighted by molar-refractivity contribution is 0.0942. The molecule has 0 saturated carbocycles. The zero-order valence-corrected chi connectivity index (χ0v) is 18.6. The fourth-order valence-corrected chi connectivity index (χ4v) is 4.49.